The van der Waals surface area contributed by atoms with E-state index in [0.717, 1.165) is 19.3 Å². The fourth-order valence-corrected chi connectivity index (χ4v) is 3.60. The van der Waals surface area contributed by atoms with Crippen LogP contribution in [-0.2, 0) is 9.59 Å². The van der Waals surface area contributed by atoms with E-state index in [4.69, 9.17) is 0 Å². The SMILES string of the molecule is O=C(NNc1ccc([N+](=O)[O-])cc1)C1C[C@H]2CCC[C@@H](C1)C2=O. The van der Waals surface area contributed by atoms with E-state index in [0.29, 0.717) is 24.3 Å². The number of nitrogens with zero attached hydrogens (tertiary/aromatic N) is 1. The fraction of sp³-hybridized carbons (Fsp3) is 0.500. The van der Waals surface area contributed by atoms with Crippen LogP contribution < -0.4 is 10.9 Å². The molecule has 2 saturated carbocycles. The van der Waals surface area contributed by atoms with Crippen LogP contribution in [0.3, 0.4) is 0 Å². The van der Waals surface area contributed by atoms with Gasteiger partial charge in [0, 0.05) is 29.9 Å². The highest BCUT2D eigenvalue weighted by atomic mass is 16.6. The molecule has 2 aliphatic rings. The minimum absolute atomic E-state index is 0.000458. The minimum atomic E-state index is -0.472. The Bertz CT molecular complexity index is 613. The van der Waals surface area contributed by atoms with Gasteiger partial charge in [-0.2, -0.15) is 0 Å². The molecule has 0 spiro atoms. The van der Waals surface area contributed by atoms with Crippen molar-refractivity contribution in [3.8, 4) is 0 Å². The molecule has 2 fully saturated rings. The molecule has 0 heterocycles. The van der Waals surface area contributed by atoms with E-state index in [2.05, 4.69) is 10.9 Å². The standard InChI is InChI=1S/C16H19N3O4/c20-15-10-2-1-3-11(15)9-12(8-10)16(21)18-17-13-4-6-14(7-5-13)19(22)23/h4-7,10-12,17H,1-3,8-9H2,(H,18,21)/t10-,11+,12?. The highest BCUT2D eigenvalue weighted by molar-refractivity contribution is 5.88. The Hall–Kier alpha value is -2.44. The number of fused-ring (bicyclic) bond motifs is 2. The molecule has 1 aromatic carbocycles. The zero-order valence-electron chi connectivity index (χ0n) is 12.7. The van der Waals surface area contributed by atoms with Crippen LogP contribution in [0.2, 0.25) is 0 Å². The average Bonchev–Trinajstić information content (AvgIpc) is 2.52. The first-order chi connectivity index (χ1) is 11.0. The van der Waals surface area contributed by atoms with Gasteiger partial charge in [0.05, 0.1) is 10.6 Å². The van der Waals surface area contributed by atoms with Gasteiger partial charge in [-0.05, 0) is 37.8 Å². The summed E-state index contributed by atoms with van der Waals surface area (Å²) in [7, 11) is 0. The summed E-state index contributed by atoms with van der Waals surface area (Å²) in [6.45, 7) is 0. The fourth-order valence-electron chi connectivity index (χ4n) is 3.60. The molecule has 1 unspecified atom stereocenters. The maximum atomic E-state index is 12.3. The number of carbonyl (C=O) groups is 2. The number of hydrogen-bond donors (Lipinski definition) is 2. The molecule has 2 N–H and O–H groups in total. The van der Waals surface area contributed by atoms with Crippen LogP contribution in [0.1, 0.15) is 32.1 Å². The third-order valence-corrected chi connectivity index (χ3v) is 4.83. The number of benzene rings is 1. The van der Waals surface area contributed by atoms with Gasteiger partial charge in [-0.15, -0.1) is 0 Å². The molecule has 2 aliphatic carbocycles. The van der Waals surface area contributed by atoms with E-state index in [9.17, 15) is 19.7 Å². The van der Waals surface area contributed by atoms with Gasteiger partial charge in [0.1, 0.15) is 5.78 Å². The lowest BCUT2D eigenvalue weighted by atomic mass is 9.67. The summed E-state index contributed by atoms with van der Waals surface area (Å²) < 4.78 is 0. The van der Waals surface area contributed by atoms with Gasteiger partial charge >= 0.3 is 0 Å². The minimum Gasteiger partial charge on any atom is -0.299 e. The Kier molecular flexibility index (Phi) is 4.27. The molecule has 23 heavy (non-hydrogen) atoms. The lowest BCUT2D eigenvalue weighted by molar-refractivity contribution is -0.384. The van der Waals surface area contributed by atoms with E-state index >= 15 is 0 Å². The van der Waals surface area contributed by atoms with E-state index in [-0.39, 0.29) is 29.3 Å². The lowest BCUT2D eigenvalue weighted by Gasteiger charge is -2.36. The highest BCUT2D eigenvalue weighted by Crippen LogP contribution is 2.40. The van der Waals surface area contributed by atoms with Crippen molar-refractivity contribution >= 4 is 23.1 Å². The molecule has 1 amide bonds. The van der Waals surface area contributed by atoms with Gasteiger partial charge in [0.2, 0.25) is 5.91 Å². The molecule has 3 atom stereocenters. The Morgan fingerprint density at radius 1 is 1.13 bits per heavy atom. The quantitative estimate of drug-likeness (QED) is 0.656. The summed E-state index contributed by atoms with van der Waals surface area (Å²) in [4.78, 5) is 34.5. The van der Waals surface area contributed by atoms with Crippen LogP contribution >= 0.6 is 0 Å². The molecule has 122 valence electrons. The number of ketones is 1. The summed E-state index contributed by atoms with van der Waals surface area (Å²) in [6.07, 6.45) is 4.13. The monoisotopic (exact) mass is 317 g/mol. The third-order valence-electron chi connectivity index (χ3n) is 4.83. The van der Waals surface area contributed by atoms with Gasteiger partial charge in [-0.25, -0.2) is 0 Å². The second kappa shape index (κ2) is 6.36. The van der Waals surface area contributed by atoms with Crippen LogP contribution in [-0.4, -0.2) is 16.6 Å². The van der Waals surface area contributed by atoms with Crippen molar-refractivity contribution in [3.63, 3.8) is 0 Å². The summed E-state index contributed by atoms with van der Waals surface area (Å²) in [6, 6.07) is 5.82. The van der Waals surface area contributed by atoms with Gasteiger partial charge in [0.15, 0.2) is 0 Å². The number of nitro groups is 1. The Morgan fingerprint density at radius 3 is 2.30 bits per heavy atom. The number of nitrogens with one attached hydrogen (secondary N) is 2. The first-order valence-electron chi connectivity index (χ1n) is 7.88. The molecular formula is C16H19N3O4. The summed E-state index contributed by atoms with van der Waals surface area (Å²) >= 11 is 0. The number of carbonyl (C=O) groups excluding carboxylic acids is 2. The zero-order valence-corrected chi connectivity index (χ0v) is 12.7. The number of non-ortho nitro benzene ring substituents is 1. The number of amides is 1. The van der Waals surface area contributed by atoms with Crippen molar-refractivity contribution < 1.29 is 14.5 Å². The van der Waals surface area contributed by atoms with E-state index in [1.54, 1.807) is 0 Å². The predicted octanol–water partition coefficient (Wildman–Crippen LogP) is 2.43. The first kappa shape index (κ1) is 15.5. The molecular weight excluding hydrogens is 298 g/mol. The van der Waals surface area contributed by atoms with E-state index < -0.39 is 4.92 Å². The van der Waals surface area contributed by atoms with Crippen molar-refractivity contribution in [1.29, 1.82) is 0 Å². The van der Waals surface area contributed by atoms with Gasteiger partial charge in [-0.1, -0.05) is 6.42 Å². The van der Waals surface area contributed by atoms with E-state index in [1.165, 1.54) is 24.3 Å². The Labute approximate surface area is 133 Å². The number of rotatable bonds is 4. The Balaban J connectivity index is 1.55. The van der Waals surface area contributed by atoms with Crippen LogP contribution in [0.4, 0.5) is 11.4 Å². The smallest absolute Gasteiger partial charge is 0.269 e. The summed E-state index contributed by atoms with van der Waals surface area (Å²) in [5.41, 5.74) is 6.01. The molecule has 3 rings (SSSR count). The number of nitro benzene ring substituents is 1. The molecule has 1 aromatic rings. The first-order valence-corrected chi connectivity index (χ1v) is 7.88. The van der Waals surface area contributed by atoms with Crippen molar-refractivity contribution in [2.24, 2.45) is 17.8 Å². The number of hydrogen-bond acceptors (Lipinski definition) is 5. The predicted molar refractivity (Wildman–Crippen MR) is 83.4 cm³/mol. The maximum absolute atomic E-state index is 12.3. The zero-order chi connectivity index (χ0) is 16.4. The van der Waals surface area contributed by atoms with Gasteiger partial charge in [0.25, 0.3) is 5.69 Å². The Morgan fingerprint density at radius 2 is 1.74 bits per heavy atom. The second-order valence-electron chi connectivity index (χ2n) is 6.31. The number of Topliss-reactive ketones (excluding diaryl/α,β-unsaturated/α-hetero) is 1. The maximum Gasteiger partial charge on any atom is 0.269 e. The van der Waals surface area contributed by atoms with E-state index in [1.807, 2.05) is 0 Å². The van der Waals surface area contributed by atoms with Crippen molar-refractivity contribution in [3.05, 3.63) is 34.4 Å². The number of hydrazine groups is 1. The molecule has 0 radical (unpaired) electrons. The third kappa shape index (κ3) is 3.33. The topological polar surface area (TPSA) is 101 Å². The van der Waals surface area contributed by atoms with Crippen LogP contribution in [0.25, 0.3) is 0 Å². The molecule has 2 bridgehead atoms. The van der Waals surface area contributed by atoms with Crippen molar-refractivity contribution in [2.45, 2.75) is 32.1 Å². The molecule has 0 aliphatic heterocycles. The van der Waals surface area contributed by atoms with Crippen LogP contribution in [0.15, 0.2) is 24.3 Å². The van der Waals surface area contributed by atoms with Gasteiger partial charge in [-0.3, -0.25) is 30.6 Å². The lowest BCUT2D eigenvalue weighted by Crippen LogP contribution is -2.43. The van der Waals surface area contributed by atoms with Gasteiger partial charge < -0.3 is 0 Å². The second-order valence-corrected chi connectivity index (χ2v) is 6.31. The summed E-state index contributed by atoms with van der Waals surface area (Å²) in [5.74, 6) is 0.153. The van der Waals surface area contributed by atoms with Crippen molar-refractivity contribution in [2.75, 3.05) is 5.43 Å². The molecule has 7 nitrogen and oxygen atoms in total. The molecule has 7 heteroatoms. The van der Waals surface area contributed by atoms with Crippen molar-refractivity contribution in [1.82, 2.24) is 5.43 Å². The van der Waals surface area contributed by atoms with Crippen LogP contribution in [0.5, 0.6) is 0 Å². The molecule has 0 saturated heterocycles. The largest absolute Gasteiger partial charge is 0.299 e. The number of anilines is 1. The highest BCUT2D eigenvalue weighted by Gasteiger charge is 2.41. The molecule has 0 aromatic heterocycles. The average molecular weight is 317 g/mol. The summed E-state index contributed by atoms with van der Waals surface area (Å²) in [5, 5.41) is 10.6. The van der Waals surface area contributed by atoms with Crippen LogP contribution in [0, 0.1) is 27.9 Å². The normalized spacial score (nSPS) is 26.4.